The minimum absolute atomic E-state index is 0.0111. The van der Waals surface area contributed by atoms with E-state index in [2.05, 4.69) is 0 Å². The molecule has 2 aliphatic rings. The van der Waals surface area contributed by atoms with Crippen molar-refractivity contribution in [1.29, 1.82) is 0 Å². The number of rotatable bonds is 7. The first kappa shape index (κ1) is 25.2. The van der Waals surface area contributed by atoms with Crippen molar-refractivity contribution in [2.75, 3.05) is 13.7 Å². The largest absolute Gasteiger partial charge is 0.449 e. The van der Waals surface area contributed by atoms with E-state index in [4.69, 9.17) is 18.9 Å². The average Bonchev–Trinajstić information content (AvgIpc) is 3.20. The topological polar surface area (TPSA) is 112 Å². The number of carbonyl (C=O) groups is 3. The quantitative estimate of drug-likeness (QED) is 0.354. The van der Waals surface area contributed by atoms with Crippen LogP contribution in [0.5, 0.6) is 0 Å². The molecule has 9 heteroatoms. The molecule has 1 saturated heterocycles. The number of esters is 1. The van der Waals surface area contributed by atoms with E-state index in [1.54, 1.807) is 48.5 Å². The summed E-state index contributed by atoms with van der Waals surface area (Å²) in [5.74, 6) is -0.796. The SMILES string of the molecule is COCC1(O)C=CC2(C=C1)C[C@H](N(C(=O)OCc1ccccc1)C(=O)OCc1ccccc1)C(=O)O2. The molecule has 4 rings (SSSR count). The van der Waals surface area contributed by atoms with E-state index >= 15 is 0 Å². The van der Waals surface area contributed by atoms with Crippen molar-refractivity contribution in [3.8, 4) is 0 Å². The fourth-order valence-corrected chi connectivity index (χ4v) is 4.00. The van der Waals surface area contributed by atoms with Crippen LogP contribution in [-0.2, 0) is 37.0 Å². The van der Waals surface area contributed by atoms with Gasteiger partial charge in [0.15, 0.2) is 5.60 Å². The molecule has 1 aliphatic carbocycles. The van der Waals surface area contributed by atoms with Crippen molar-refractivity contribution in [1.82, 2.24) is 4.90 Å². The second-order valence-corrected chi connectivity index (χ2v) is 8.64. The lowest BCUT2D eigenvalue weighted by Crippen LogP contribution is -2.47. The highest BCUT2D eigenvalue weighted by Gasteiger charge is 2.52. The number of amides is 2. The molecule has 36 heavy (non-hydrogen) atoms. The first-order valence-electron chi connectivity index (χ1n) is 11.4. The first-order chi connectivity index (χ1) is 17.3. The van der Waals surface area contributed by atoms with Crippen molar-refractivity contribution >= 4 is 18.2 Å². The van der Waals surface area contributed by atoms with Gasteiger partial charge in [-0.2, -0.15) is 4.90 Å². The lowest BCUT2D eigenvalue weighted by molar-refractivity contribution is -0.146. The van der Waals surface area contributed by atoms with Gasteiger partial charge in [0, 0.05) is 13.5 Å². The zero-order valence-electron chi connectivity index (χ0n) is 19.7. The number of benzene rings is 2. The summed E-state index contributed by atoms with van der Waals surface area (Å²) in [5.41, 5.74) is -1.17. The van der Waals surface area contributed by atoms with Crippen LogP contribution < -0.4 is 0 Å². The number of methoxy groups -OCH3 is 1. The summed E-state index contributed by atoms with van der Waals surface area (Å²) in [4.78, 5) is 39.7. The molecule has 1 N–H and O–H groups in total. The molecule has 188 valence electrons. The van der Waals surface area contributed by atoms with Crippen molar-refractivity contribution < 1.29 is 38.4 Å². The Balaban J connectivity index is 1.52. The number of imide groups is 1. The zero-order chi connectivity index (χ0) is 25.6. The zero-order valence-corrected chi connectivity index (χ0v) is 19.7. The van der Waals surface area contributed by atoms with E-state index in [0.717, 1.165) is 0 Å². The standard InChI is InChI=1S/C27H27NO8/c1-33-19-26(32)12-14-27(15-13-26)16-22(23(29)36-27)28(24(30)34-17-20-8-4-2-5-9-20)25(31)35-18-21-10-6-3-7-11-21/h2-15,22,32H,16-19H2,1H3/t22-,26?,27?/m0/s1. The lowest BCUT2D eigenvalue weighted by atomic mass is 9.87. The van der Waals surface area contributed by atoms with Crippen LogP contribution in [0.3, 0.4) is 0 Å². The molecule has 1 atom stereocenters. The van der Waals surface area contributed by atoms with E-state index in [0.29, 0.717) is 16.0 Å². The molecule has 1 aliphatic heterocycles. The number of nitrogens with zero attached hydrogens (tertiary/aromatic N) is 1. The van der Waals surface area contributed by atoms with Gasteiger partial charge in [-0.15, -0.1) is 0 Å². The van der Waals surface area contributed by atoms with Gasteiger partial charge in [0.2, 0.25) is 0 Å². The third kappa shape index (κ3) is 5.81. The highest BCUT2D eigenvalue weighted by atomic mass is 16.6. The summed E-state index contributed by atoms with van der Waals surface area (Å²) in [6.07, 6.45) is 3.82. The Morgan fingerprint density at radius 1 is 0.917 bits per heavy atom. The molecule has 1 heterocycles. The van der Waals surface area contributed by atoms with Crippen LogP contribution in [0.4, 0.5) is 9.59 Å². The normalized spacial score (nSPS) is 24.4. The van der Waals surface area contributed by atoms with Gasteiger partial charge in [-0.3, -0.25) is 0 Å². The minimum atomic E-state index is -1.35. The van der Waals surface area contributed by atoms with Crippen LogP contribution in [-0.4, -0.2) is 59.1 Å². The second kappa shape index (κ2) is 10.8. The van der Waals surface area contributed by atoms with Crippen LogP contribution in [0.2, 0.25) is 0 Å². The number of carbonyl (C=O) groups excluding carboxylic acids is 3. The molecule has 0 saturated carbocycles. The summed E-state index contributed by atoms with van der Waals surface area (Å²) in [6.45, 7) is -0.186. The van der Waals surface area contributed by atoms with Gasteiger partial charge in [0.05, 0.1) is 6.61 Å². The third-order valence-electron chi connectivity index (χ3n) is 5.87. The highest BCUT2D eigenvalue weighted by molar-refractivity contribution is 5.95. The van der Waals surface area contributed by atoms with E-state index < -0.39 is 35.4 Å². The summed E-state index contributed by atoms with van der Waals surface area (Å²) >= 11 is 0. The smallest absolute Gasteiger partial charge is 0.420 e. The Morgan fingerprint density at radius 2 is 1.42 bits per heavy atom. The number of aliphatic hydroxyl groups is 1. The number of hydrogen-bond donors (Lipinski definition) is 1. The van der Waals surface area contributed by atoms with Crippen LogP contribution >= 0.6 is 0 Å². The van der Waals surface area contributed by atoms with E-state index in [1.165, 1.54) is 31.4 Å². The van der Waals surface area contributed by atoms with Crippen molar-refractivity contribution in [3.05, 3.63) is 96.1 Å². The van der Waals surface area contributed by atoms with Crippen LogP contribution in [0.1, 0.15) is 17.5 Å². The Labute approximate surface area is 208 Å². The predicted molar refractivity (Wildman–Crippen MR) is 127 cm³/mol. The van der Waals surface area contributed by atoms with Crippen molar-refractivity contribution in [2.24, 2.45) is 0 Å². The van der Waals surface area contributed by atoms with Gasteiger partial charge in [0.1, 0.15) is 24.9 Å². The fraction of sp³-hybridized carbons (Fsp3) is 0.296. The van der Waals surface area contributed by atoms with Gasteiger partial charge in [-0.25, -0.2) is 14.4 Å². The molecule has 0 unspecified atom stereocenters. The molecule has 0 bridgehead atoms. The Hall–Kier alpha value is -3.95. The van der Waals surface area contributed by atoms with Gasteiger partial charge < -0.3 is 24.1 Å². The van der Waals surface area contributed by atoms with Crippen molar-refractivity contribution in [3.63, 3.8) is 0 Å². The predicted octanol–water partition coefficient (Wildman–Crippen LogP) is 3.52. The van der Waals surface area contributed by atoms with E-state index in [-0.39, 0.29) is 26.2 Å². The monoisotopic (exact) mass is 493 g/mol. The van der Waals surface area contributed by atoms with Crippen molar-refractivity contribution in [2.45, 2.75) is 36.9 Å². The van der Waals surface area contributed by atoms with Crippen LogP contribution in [0.25, 0.3) is 0 Å². The third-order valence-corrected chi connectivity index (χ3v) is 5.87. The lowest BCUT2D eigenvalue weighted by Gasteiger charge is -2.30. The summed E-state index contributed by atoms with van der Waals surface area (Å²) < 4.78 is 21.3. The molecular formula is C27H27NO8. The van der Waals surface area contributed by atoms with E-state index in [9.17, 15) is 19.5 Å². The Morgan fingerprint density at radius 3 is 1.89 bits per heavy atom. The molecule has 2 aromatic carbocycles. The molecule has 2 aromatic rings. The Bertz CT molecular complexity index is 1080. The van der Waals surface area contributed by atoms with Gasteiger partial charge >= 0.3 is 18.2 Å². The Kier molecular flexibility index (Phi) is 7.52. The number of hydrogen-bond acceptors (Lipinski definition) is 8. The van der Waals surface area contributed by atoms with E-state index in [1.807, 2.05) is 12.1 Å². The molecule has 2 amide bonds. The van der Waals surface area contributed by atoms with Gasteiger partial charge in [-0.1, -0.05) is 60.7 Å². The summed E-state index contributed by atoms with van der Waals surface area (Å²) in [5, 5.41) is 10.5. The number of ether oxygens (including phenoxy) is 4. The molecule has 0 aromatic heterocycles. The molecular weight excluding hydrogens is 466 g/mol. The van der Waals surface area contributed by atoms with Gasteiger partial charge in [0.25, 0.3) is 0 Å². The van der Waals surface area contributed by atoms with Gasteiger partial charge in [-0.05, 0) is 35.4 Å². The van der Waals surface area contributed by atoms with Crippen LogP contribution in [0, 0.1) is 0 Å². The van der Waals surface area contributed by atoms with Crippen LogP contribution in [0.15, 0.2) is 85.0 Å². The fourth-order valence-electron chi connectivity index (χ4n) is 4.00. The molecule has 1 spiro atoms. The average molecular weight is 494 g/mol. The maximum Gasteiger partial charge on any atom is 0.420 e. The maximum absolute atomic E-state index is 13.1. The summed E-state index contributed by atoms with van der Waals surface area (Å²) in [7, 11) is 1.45. The highest BCUT2D eigenvalue weighted by Crippen LogP contribution is 2.37. The first-order valence-corrected chi connectivity index (χ1v) is 11.4. The minimum Gasteiger partial charge on any atom is -0.449 e. The second-order valence-electron chi connectivity index (χ2n) is 8.64. The summed E-state index contributed by atoms with van der Waals surface area (Å²) in [6, 6.07) is 16.6. The maximum atomic E-state index is 13.1. The molecule has 9 nitrogen and oxygen atoms in total. The molecule has 0 radical (unpaired) electrons. The molecule has 1 fully saturated rings.